The number of nitrogens with one attached hydrogen (secondary N) is 1. The highest BCUT2D eigenvalue weighted by Crippen LogP contribution is 2.38. The minimum Gasteiger partial charge on any atom is -0.338 e. The fourth-order valence-electron chi connectivity index (χ4n) is 3.21. The SMILES string of the molecule is Bc1ccc(Sc2c(CC3SC(=O)NC3=O)c3ccccc3n2C)cc1. The summed E-state index contributed by atoms with van der Waals surface area (Å²) in [6, 6.07) is 16.6. The topological polar surface area (TPSA) is 51.1 Å². The summed E-state index contributed by atoms with van der Waals surface area (Å²) in [6.45, 7) is 0. The van der Waals surface area contributed by atoms with Gasteiger partial charge in [0.05, 0.1) is 10.3 Å². The number of thioether (sulfide) groups is 1. The number of nitrogens with zero attached hydrogens (tertiary/aromatic N) is 1. The Morgan fingerprint density at radius 1 is 1.15 bits per heavy atom. The van der Waals surface area contributed by atoms with Crippen LogP contribution in [0.3, 0.4) is 0 Å². The average Bonchev–Trinajstić information content (AvgIpc) is 3.08. The quantitative estimate of drug-likeness (QED) is 0.707. The van der Waals surface area contributed by atoms with Gasteiger partial charge >= 0.3 is 0 Å². The van der Waals surface area contributed by atoms with Gasteiger partial charge in [0.1, 0.15) is 7.85 Å². The van der Waals surface area contributed by atoms with E-state index in [1.54, 1.807) is 11.8 Å². The molecule has 0 spiro atoms. The van der Waals surface area contributed by atoms with Gasteiger partial charge in [-0.3, -0.25) is 14.9 Å². The molecule has 130 valence electrons. The molecule has 0 saturated carbocycles. The van der Waals surface area contributed by atoms with Crippen LogP contribution >= 0.6 is 23.5 Å². The highest BCUT2D eigenvalue weighted by atomic mass is 32.2. The lowest BCUT2D eigenvalue weighted by molar-refractivity contribution is -0.118. The monoisotopic (exact) mass is 380 g/mol. The van der Waals surface area contributed by atoms with Crippen LogP contribution < -0.4 is 10.8 Å². The number of para-hydroxylation sites is 1. The number of hydrogen-bond donors (Lipinski definition) is 1. The van der Waals surface area contributed by atoms with Crippen molar-refractivity contribution in [3.05, 3.63) is 54.1 Å². The molecule has 1 unspecified atom stereocenters. The summed E-state index contributed by atoms with van der Waals surface area (Å²) in [5, 5.41) is 4.01. The first kappa shape index (κ1) is 17.3. The standard InChI is InChI=1S/C19H17BN2O2S2/c1-22-15-5-3-2-4-13(15)14(10-16-17(23)21-19(24)26-16)18(22)25-12-8-6-11(20)7-9-12/h2-9,16H,10,20H2,1H3,(H,21,23,24). The minimum atomic E-state index is -0.370. The Kier molecular flexibility index (Phi) is 4.59. The van der Waals surface area contributed by atoms with Crippen molar-refractivity contribution in [2.75, 3.05) is 0 Å². The van der Waals surface area contributed by atoms with Gasteiger partial charge in [0.2, 0.25) is 5.91 Å². The Morgan fingerprint density at radius 2 is 1.88 bits per heavy atom. The number of benzene rings is 2. The van der Waals surface area contributed by atoms with Crippen LogP contribution in [0.1, 0.15) is 5.56 Å². The summed E-state index contributed by atoms with van der Waals surface area (Å²) in [5.41, 5.74) is 3.48. The maximum Gasteiger partial charge on any atom is 0.286 e. The van der Waals surface area contributed by atoms with Crippen LogP contribution in [0, 0.1) is 0 Å². The maximum atomic E-state index is 12.1. The molecule has 4 nitrogen and oxygen atoms in total. The molecule has 1 saturated heterocycles. The Balaban J connectivity index is 1.77. The second-order valence-electron chi connectivity index (χ2n) is 6.36. The van der Waals surface area contributed by atoms with Crippen LogP contribution in [0.25, 0.3) is 10.9 Å². The molecule has 26 heavy (non-hydrogen) atoms. The fourth-order valence-corrected chi connectivity index (χ4v) is 5.09. The van der Waals surface area contributed by atoms with Crippen LogP contribution in [-0.4, -0.2) is 28.8 Å². The zero-order chi connectivity index (χ0) is 18.3. The lowest BCUT2D eigenvalue weighted by atomic mass is 9.97. The molecule has 1 aliphatic heterocycles. The molecule has 2 aromatic carbocycles. The summed E-state index contributed by atoms with van der Waals surface area (Å²) in [5.74, 6) is -0.195. The van der Waals surface area contributed by atoms with Crippen molar-refractivity contribution in [3.8, 4) is 0 Å². The van der Waals surface area contributed by atoms with Gasteiger partial charge < -0.3 is 4.57 Å². The van der Waals surface area contributed by atoms with Crippen molar-refractivity contribution < 1.29 is 9.59 Å². The van der Waals surface area contributed by atoms with Crippen molar-refractivity contribution in [2.24, 2.45) is 7.05 Å². The lowest BCUT2D eigenvalue weighted by Gasteiger charge is -2.10. The molecule has 1 aromatic heterocycles. The van der Waals surface area contributed by atoms with Crippen LogP contribution in [0.2, 0.25) is 0 Å². The van der Waals surface area contributed by atoms with E-state index in [-0.39, 0.29) is 16.4 Å². The van der Waals surface area contributed by atoms with E-state index in [0.29, 0.717) is 6.42 Å². The number of imide groups is 1. The largest absolute Gasteiger partial charge is 0.338 e. The molecule has 0 aliphatic carbocycles. The summed E-state index contributed by atoms with van der Waals surface area (Å²) in [7, 11) is 4.12. The van der Waals surface area contributed by atoms with E-state index in [1.807, 2.05) is 12.1 Å². The number of rotatable bonds is 4. The fraction of sp³-hybridized carbons (Fsp3) is 0.158. The Hall–Kier alpha value is -2.12. The smallest absolute Gasteiger partial charge is 0.286 e. The Bertz CT molecular complexity index is 1010. The van der Waals surface area contributed by atoms with Crippen molar-refractivity contribution in [1.29, 1.82) is 0 Å². The molecule has 1 atom stereocenters. The third-order valence-electron chi connectivity index (χ3n) is 4.55. The van der Waals surface area contributed by atoms with Gasteiger partial charge in [0.25, 0.3) is 5.24 Å². The molecule has 0 radical (unpaired) electrons. The molecule has 7 heteroatoms. The first-order valence-electron chi connectivity index (χ1n) is 8.35. The minimum absolute atomic E-state index is 0.195. The lowest BCUT2D eigenvalue weighted by Crippen LogP contribution is -2.25. The first-order chi connectivity index (χ1) is 12.5. The maximum absolute atomic E-state index is 12.1. The molecular formula is C19H17BN2O2S2. The number of carbonyl (C=O) groups is 2. The van der Waals surface area contributed by atoms with Crippen LogP contribution in [0.4, 0.5) is 4.79 Å². The van der Waals surface area contributed by atoms with E-state index in [0.717, 1.165) is 38.1 Å². The summed E-state index contributed by atoms with van der Waals surface area (Å²) >= 11 is 2.78. The van der Waals surface area contributed by atoms with Gasteiger partial charge in [0, 0.05) is 22.8 Å². The zero-order valence-electron chi connectivity index (χ0n) is 14.5. The summed E-state index contributed by atoms with van der Waals surface area (Å²) in [6.07, 6.45) is 0.539. The Morgan fingerprint density at radius 3 is 2.58 bits per heavy atom. The molecule has 1 N–H and O–H groups in total. The Labute approximate surface area is 161 Å². The van der Waals surface area contributed by atoms with E-state index in [4.69, 9.17) is 0 Å². The summed E-state index contributed by atoms with van der Waals surface area (Å²) < 4.78 is 2.18. The second kappa shape index (κ2) is 6.89. The number of fused-ring (bicyclic) bond motifs is 1. The first-order valence-corrected chi connectivity index (χ1v) is 10.0. The number of aromatic nitrogens is 1. The van der Waals surface area contributed by atoms with Crippen LogP contribution in [0.15, 0.2) is 58.5 Å². The molecule has 2 amide bonds. The van der Waals surface area contributed by atoms with Gasteiger partial charge in [-0.2, -0.15) is 0 Å². The van der Waals surface area contributed by atoms with E-state index in [9.17, 15) is 9.59 Å². The van der Waals surface area contributed by atoms with Gasteiger partial charge in [-0.15, -0.1) is 0 Å². The van der Waals surface area contributed by atoms with Crippen molar-refractivity contribution in [1.82, 2.24) is 9.88 Å². The molecule has 2 heterocycles. The number of amides is 2. The predicted octanol–water partition coefficient (Wildman–Crippen LogP) is 2.48. The molecular weight excluding hydrogens is 363 g/mol. The van der Waals surface area contributed by atoms with Crippen molar-refractivity contribution in [2.45, 2.75) is 21.6 Å². The van der Waals surface area contributed by atoms with E-state index < -0.39 is 0 Å². The second-order valence-corrected chi connectivity index (χ2v) is 8.60. The summed E-state index contributed by atoms with van der Waals surface area (Å²) in [4.78, 5) is 24.8. The van der Waals surface area contributed by atoms with E-state index >= 15 is 0 Å². The van der Waals surface area contributed by atoms with E-state index in [1.165, 1.54) is 5.46 Å². The number of aryl methyl sites for hydroxylation is 1. The van der Waals surface area contributed by atoms with Crippen LogP contribution in [0.5, 0.6) is 0 Å². The third kappa shape index (κ3) is 3.17. The predicted molar refractivity (Wildman–Crippen MR) is 110 cm³/mol. The van der Waals surface area contributed by atoms with Gasteiger partial charge in [-0.05, 0) is 30.2 Å². The zero-order valence-corrected chi connectivity index (χ0v) is 16.1. The highest BCUT2D eigenvalue weighted by Gasteiger charge is 2.33. The highest BCUT2D eigenvalue weighted by molar-refractivity contribution is 8.15. The normalized spacial score (nSPS) is 17.0. The third-order valence-corrected chi connectivity index (χ3v) is 6.75. The van der Waals surface area contributed by atoms with E-state index in [2.05, 4.69) is 61.2 Å². The van der Waals surface area contributed by atoms with Crippen molar-refractivity contribution in [3.63, 3.8) is 0 Å². The molecule has 4 rings (SSSR count). The number of carbonyl (C=O) groups excluding carboxylic acids is 2. The van der Waals surface area contributed by atoms with Gasteiger partial charge in [0.15, 0.2) is 0 Å². The van der Waals surface area contributed by atoms with Gasteiger partial charge in [-0.25, -0.2) is 0 Å². The van der Waals surface area contributed by atoms with Gasteiger partial charge in [-0.1, -0.05) is 59.3 Å². The number of hydrogen-bond acceptors (Lipinski definition) is 4. The average molecular weight is 380 g/mol. The van der Waals surface area contributed by atoms with Crippen molar-refractivity contribution >= 4 is 58.9 Å². The molecule has 0 bridgehead atoms. The molecule has 1 fully saturated rings. The molecule has 3 aromatic rings. The molecule has 1 aliphatic rings. The van der Waals surface area contributed by atoms with Crippen LogP contribution in [-0.2, 0) is 18.3 Å².